The van der Waals surface area contributed by atoms with Crippen LogP contribution in [0.2, 0.25) is 0 Å². The van der Waals surface area contributed by atoms with Crippen LogP contribution in [0.3, 0.4) is 0 Å². The third-order valence-electron chi connectivity index (χ3n) is 2.86. The number of nitrogens with one attached hydrogen (secondary N) is 1. The Balaban J connectivity index is 3.10. The van der Waals surface area contributed by atoms with Gasteiger partial charge in [0.25, 0.3) is 0 Å². The Morgan fingerprint density at radius 3 is 1.86 bits per heavy atom. The van der Waals surface area contributed by atoms with Gasteiger partial charge in [0.05, 0.1) is 0 Å². The van der Waals surface area contributed by atoms with E-state index in [9.17, 15) is 0 Å². The standard InChI is InChI=1S/C13H25N/c1-12(2,3)10-8-7-9-14-11(10)13(4,5)6/h14H,7-9H2,1-6H3. The minimum absolute atomic E-state index is 0.267. The van der Waals surface area contributed by atoms with Crippen molar-refractivity contribution in [3.05, 3.63) is 11.3 Å². The van der Waals surface area contributed by atoms with Crippen LogP contribution in [-0.2, 0) is 0 Å². The normalized spacial score (nSPS) is 19.6. The molecule has 0 radical (unpaired) electrons. The van der Waals surface area contributed by atoms with Crippen LogP contribution in [0.4, 0.5) is 0 Å². The predicted molar refractivity (Wildman–Crippen MR) is 63.2 cm³/mol. The van der Waals surface area contributed by atoms with Gasteiger partial charge in [0.15, 0.2) is 0 Å². The summed E-state index contributed by atoms with van der Waals surface area (Å²) in [7, 11) is 0. The van der Waals surface area contributed by atoms with Crippen molar-refractivity contribution in [1.29, 1.82) is 0 Å². The highest BCUT2D eigenvalue weighted by Crippen LogP contribution is 2.39. The van der Waals surface area contributed by atoms with Crippen molar-refractivity contribution < 1.29 is 0 Å². The van der Waals surface area contributed by atoms with E-state index >= 15 is 0 Å². The van der Waals surface area contributed by atoms with Gasteiger partial charge in [-0.25, -0.2) is 0 Å². The van der Waals surface area contributed by atoms with Gasteiger partial charge < -0.3 is 5.32 Å². The molecule has 1 aliphatic heterocycles. The molecule has 82 valence electrons. The summed E-state index contributed by atoms with van der Waals surface area (Å²) in [4.78, 5) is 0. The molecule has 1 heteroatoms. The predicted octanol–water partition coefficient (Wildman–Crippen LogP) is 3.72. The molecule has 0 aromatic rings. The lowest BCUT2D eigenvalue weighted by Gasteiger charge is -2.37. The Morgan fingerprint density at radius 1 is 0.929 bits per heavy atom. The zero-order chi connectivity index (χ0) is 11.0. The summed E-state index contributed by atoms with van der Waals surface area (Å²) in [6, 6.07) is 0. The van der Waals surface area contributed by atoms with Crippen molar-refractivity contribution in [1.82, 2.24) is 5.32 Å². The average Bonchev–Trinajstić information content (AvgIpc) is 2.01. The van der Waals surface area contributed by atoms with Crippen molar-refractivity contribution in [3.63, 3.8) is 0 Å². The Kier molecular flexibility index (Phi) is 2.99. The van der Waals surface area contributed by atoms with Crippen LogP contribution in [0, 0.1) is 10.8 Å². The van der Waals surface area contributed by atoms with Gasteiger partial charge in [-0.3, -0.25) is 0 Å². The summed E-state index contributed by atoms with van der Waals surface area (Å²) >= 11 is 0. The smallest absolute Gasteiger partial charge is 0.0158 e. The maximum absolute atomic E-state index is 3.60. The second-order valence-corrected chi connectivity index (χ2v) is 6.38. The third kappa shape index (κ3) is 2.52. The van der Waals surface area contributed by atoms with Crippen molar-refractivity contribution in [2.45, 2.75) is 54.4 Å². The minimum atomic E-state index is 0.267. The Morgan fingerprint density at radius 2 is 1.50 bits per heavy atom. The molecule has 0 aromatic heterocycles. The average molecular weight is 195 g/mol. The van der Waals surface area contributed by atoms with E-state index in [-0.39, 0.29) is 5.41 Å². The van der Waals surface area contributed by atoms with Crippen LogP contribution < -0.4 is 5.32 Å². The van der Waals surface area contributed by atoms with Gasteiger partial charge in [0.1, 0.15) is 0 Å². The molecule has 0 aliphatic carbocycles. The largest absolute Gasteiger partial charge is 0.388 e. The maximum Gasteiger partial charge on any atom is 0.0158 e. The SMILES string of the molecule is CC(C)(C)C1=C(C(C)(C)C)NCCC1. The molecular weight excluding hydrogens is 170 g/mol. The molecule has 1 N–H and O–H groups in total. The monoisotopic (exact) mass is 195 g/mol. The molecule has 0 aromatic carbocycles. The van der Waals surface area contributed by atoms with Crippen LogP contribution in [0.15, 0.2) is 11.3 Å². The molecule has 14 heavy (non-hydrogen) atoms. The van der Waals surface area contributed by atoms with Gasteiger partial charge in [-0.15, -0.1) is 0 Å². The first-order valence-electron chi connectivity index (χ1n) is 5.71. The van der Waals surface area contributed by atoms with Crippen molar-refractivity contribution in [2.75, 3.05) is 6.54 Å². The first kappa shape index (κ1) is 11.6. The fourth-order valence-electron chi connectivity index (χ4n) is 2.18. The molecule has 0 fully saturated rings. The molecule has 1 heterocycles. The van der Waals surface area contributed by atoms with E-state index in [1.165, 1.54) is 18.5 Å². The number of rotatable bonds is 0. The Hall–Kier alpha value is -0.460. The van der Waals surface area contributed by atoms with E-state index in [1.54, 1.807) is 5.57 Å². The lowest BCUT2D eigenvalue weighted by molar-refractivity contribution is 0.379. The molecule has 0 unspecified atom stereocenters. The van der Waals surface area contributed by atoms with E-state index in [1.807, 2.05) is 0 Å². The molecular formula is C13H25N. The van der Waals surface area contributed by atoms with Gasteiger partial charge in [-0.1, -0.05) is 41.5 Å². The molecule has 1 rings (SSSR count). The van der Waals surface area contributed by atoms with Crippen LogP contribution in [0.5, 0.6) is 0 Å². The summed E-state index contributed by atoms with van der Waals surface area (Å²) < 4.78 is 0. The molecule has 1 aliphatic rings. The van der Waals surface area contributed by atoms with Crippen LogP contribution in [-0.4, -0.2) is 6.54 Å². The van der Waals surface area contributed by atoms with E-state index in [4.69, 9.17) is 0 Å². The van der Waals surface area contributed by atoms with Gasteiger partial charge in [-0.05, 0) is 23.8 Å². The molecule has 1 nitrogen and oxygen atoms in total. The lowest BCUT2D eigenvalue weighted by Crippen LogP contribution is -2.33. The molecule has 0 saturated carbocycles. The maximum atomic E-state index is 3.60. The highest BCUT2D eigenvalue weighted by atomic mass is 14.9. The second kappa shape index (κ2) is 3.60. The molecule has 0 saturated heterocycles. The van der Waals surface area contributed by atoms with E-state index < -0.39 is 0 Å². The summed E-state index contributed by atoms with van der Waals surface area (Å²) in [5.41, 5.74) is 3.69. The van der Waals surface area contributed by atoms with Crippen LogP contribution >= 0.6 is 0 Å². The van der Waals surface area contributed by atoms with E-state index in [0.717, 1.165) is 6.54 Å². The van der Waals surface area contributed by atoms with Gasteiger partial charge in [0.2, 0.25) is 0 Å². The fourth-order valence-corrected chi connectivity index (χ4v) is 2.18. The fraction of sp³-hybridized carbons (Fsp3) is 0.846. The molecule has 0 spiro atoms. The van der Waals surface area contributed by atoms with Crippen molar-refractivity contribution in [3.8, 4) is 0 Å². The van der Waals surface area contributed by atoms with Gasteiger partial charge in [0, 0.05) is 17.7 Å². The molecule has 0 atom stereocenters. The first-order chi connectivity index (χ1) is 6.23. The minimum Gasteiger partial charge on any atom is -0.388 e. The highest BCUT2D eigenvalue weighted by Gasteiger charge is 2.29. The number of hydrogen-bond acceptors (Lipinski definition) is 1. The van der Waals surface area contributed by atoms with Crippen molar-refractivity contribution in [2.24, 2.45) is 10.8 Å². The number of allylic oxidation sites excluding steroid dienone is 2. The Labute approximate surface area is 89.0 Å². The second-order valence-electron chi connectivity index (χ2n) is 6.38. The van der Waals surface area contributed by atoms with Crippen molar-refractivity contribution >= 4 is 0 Å². The van der Waals surface area contributed by atoms with E-state index in [2.05, 4.69) is 46.9 Å². The van der Waals surface area contributed by atoms with Gasteiger partial charge >= 0.3 is 0 Å². The number of hydrogen-bond donors (Lipinski definition) is 1. The van der Waals surface area contributed by atoms with Gasteiger partial charge in [-0.2, -0.15) is 0 Å². The highest BCUT2D eigenvalue weighted by molar-refractivity contribution is 5.25. The van der Waals surface area contributed by atoms with Crippen LogP contribution in [0.25, 0.3) is 0 Å². The summed E-state index contributed by atoms with van der Waals surface area (Å²) in [5.74, 6) is 0. The quantitative estimate of drug-likeness (QED) is 0.621. The summed E-state index contributed by atoms with van der Waals surface area (Å²) in [5, 5.41) is 3.60. The summed E-state index contributed by atoms with van der Waals surface area (Å²) in [6.07, 6.45) is 2.55. The van der Waals surface area contributed by atoms with Crippen LogP contribution in [0.1, 0.15) is 54.4 Å². The first-order valence-corrected chi connectivity index (χ1v) is 5.71. The zero-order valence-corrected chi connectivity index (χ0v) is 10.6. The molecule has 0 amide bonds. The Bertz CT molecular complexity index is 209. The third-order valence-corrected chi connectivity index (χ3v) is 2.86. The molecule has 0 bridgehead atoms. The topological polar surface area (TPSA) is 12.0 Å². The van der Waals surface area contributed by atoms with E-state index in [0.29, 0.717) is 5.41 Å². The summed E-state index contributed by atoms with van der Waals surface area (Å²) in [6.45, 7) is 15.0. The zero-order valence-electron chi connectivity index (χ0n) is 10.6. The lowest BCUT2D eigenvalue weighted by atomic mass is 9.75.